The van der Waals surface area contributed by atoms with Gasteiger partial charge in [-0.05, 0) is 41.0 Å². The third kappa shape index (κ3) is 6.69. The minimum atomic E-state index is -0.971. The molecule has 1 fully saturated rings. The molecule has 184 valence electrons. The third-order valence-electron chi connectivity index (χ3n) is 5.77. The van der Waals surface area contributed by atoms with E-state index in [1.165, 1.54) is 11.8 Å². The van der Waals surface area contributed by atoms with Gasteiger partial charge in [-0.15, -0.1) is 11.8 Å². The molecule has 3 atom stereocenters. The summed E-state index contributed by atoms with van der Waals surface area (Å²) in [5, 5.41) is 9.42. The second kappa shape index (κ2) is 11.2. The lowest BCUT2D eigenvalue weighted by Crippen LogP contribution is -2.43. The standard InChI is InChI=1S/C27H35NO5S/c1-18(15-27(2,3)4)13-24(29)28-21(26(30)31)17-34-25(28)20-11-12-22(32-5)23(14-20)33-16-19-9-7-6-8-10-19/h6-12,14,18,21,25H,13,15-17H2,1-5H3,(H,30,31). The van der Waals surface area contributed by atoms with Crippen molar-refractivity contribution in [1.29, 1.82) is 0 Å². The van der Waals surface area contributed by atoms with Crippen LogP contribution in [0.3, 0.4) is 0 Å². The number of carbonyl (C=O) groups excluding carboxylic acids is 1. The van der Waals surface area contributed by atoms with E-state index >= 15 is 0 Å². The van der Waals surface area contributed by atoms with Crippen LogP contribution in [0.2, 0.25) is 0 Å². The van der Waals surface area contributed by atoms with E-state index in [-0.39, 0.29) is 22.6 Å². The van der Waals surface area contributed by atoms with E-state index in [1.54, 1.807) is 12.0 Å². The van der Waals surface area contributed by atoms with Gasteiger partial charge in [0.05, 0.1) is 7.11 Å². The monoisotopic (exact) mass is 485 g/mol. The van der Waals surface area contributed by atoms with Gasteiger partial charge in [0, 0.05) is 12.2 Å². The first kappa shape index (κ1) is 25.9. The molecule has 1 N–H and O–H groups in total. The van der Waals surface area contributed by atoms with Crippen molar-refractivity contribution in [2.75, 3.05) is 12.9 Å². The predicted molar refractivity (Wildman–Crippen MR) is 135 cm³/mol. The van der Waals surface area contributed by atoms with E-state index in [9.17, 15) is 14.7 Å². The van der Waals surface area contributed by atoms with Gasteiger partial charge in [0.25, 0.3) is 0 Å². The lowest BCUT2D eigenvalue weighted by molar-refractivity contribution is -0.149. The molecular weight excluding hydrogens is 450 g/mol. The third-order valence-corrected chi connectivity index (χ3v) is 7.09. The number of methoxy groups -OCH3 is 1. The summed E-state index contributed by atoms with van der Waals surface area (Å²) in [7, 11) is 1.58. The summed E-state index contributed by atoms with van der Waals surface area (Å²) < 4.78 is 11.5. The van der Waals surface area contributed by atoms with Crippen molar-refractivity contribution in [3.8, 4) is 11.5 Å². The van der Waals surface area contributed by atoms with Crippen LogP contribution in [0.5, 0.6) is 11.5 Å². The zero-order valence-electron chi connectivity index (χ0n) is 20.6. The van der Waals surface area contributed by atoms with Crippen LogP contribution in [0.15, 0.2) is 48.5 Å². The Bertz CT molecular complexity index is 988. The Morgan fingerprint density at radius 2 is 1.85 bits per heavy atom. The number of carboxylic acids is 1. The van der Waals surface area contributed by atoms with Crippen LogP contribution in [0.4, 0.5) is 0 Å². The molecule has 1 aliphatic heterocycles. The summed E-state index contributed by atoms with van der Waals surface area (Å²) in [4.78, 5) is 26.9. The Hall–Kier alpha value is -2.67. The molecule has 2 aromatic rings. The Balaban J connectivity index is 1.84. The second-order valence-corrected chi connectivity index (χ2v) is 11.2. The summed E-state index contributed by atoms with van der Waals surface area (Å²) in [5.41, 5.74) is 1.96. The van der Waals surface area contributed by atoms with Gasteiger partial charge < -0.3 is 19.5 Å². The number of nitrogens with zero attached hydrogens (tertiary/aromatic N) is 1. The molecule has 7 heteroatoms. The quantitative estimate of drug-likeness (QED) is 0.486. The van der Waals surface area contributed by atoms with Gasteiger partial charge in [0.15, 0.2) is 11.5 Å². The number of hydrogen-bond donors (Lipinski definition) is 1. The van der Waals surface area contributed by atoms with Crippen LogP contribution >= 0.6 is 11.8 Å². The zero-order chi connectivity index (χ0) is 24.9. The molecule has 0 bridgehead atoms. The highest BCUT2D eigenvalue weighted by Gasteiger charge is 2.42. The Kier molecular flexibility index (Phi) is 8.52. The minimum Gasteiger partial charge on any atom is -0.493 e. The zero-order valence-corrected chi connectivity index (χ0v) is 21.4. The van der Waals surface area contributed by atoms with Gasteiger partial charge in [-0.25, -0.2) is 4.79 Å². The Morgan fingerprint density at radius 3 is 2.47 bits per heavy atom. The van der Waals surface area contributed by atoms with E-state index in [1.807, 2.05) is 48.5 Å². The van der Waals surface area contributed by atoms with E-state index in [4.69, 9.17) is 9.47 Å². The Morgan fingerprint density at radius 1 is 1.15 bits per heavy atom. The number of aliphatic carboxylic acids is 1. The molecule has 0 radical (unpaired) electrons. The van der Waals surface area contributed by atoms with Crippen molar-refractivity contribution >= 4 is 23.6 Å². The number of benzene rings is 2. The van der Waals surface area contributed by atoms with Crippen molar-refractivity contribution in [3.63, 3.8) is 0 Å². The van der Waals surface area contributed by atoms with Gasteiger partial charge in [0.1, 0.15) is 18.0 Å². The molecule has 3 unspecified atom stereocenters. The second-order valence-electron chi connectivity index (χ2n) is 10.1. The smallest absolute Gasteiger partial charge is 0.327 e. The van der Waals surface area contributed by atoms with Gasteiger partial charge in [0.2, 0.25) is 5.91 Å². The SMILES string of the molecule is COc1ccc(C2SCC(C(=O)O)N2C(=O)CC(C)CC(C)(C)C)cc1OCc1ccccc1. The topological polar surface area (TPSA) is 76.1 Å². The number of ether oxygens (including phenoxy) is 2. The van der Waals surface area contributed by atoms with Crippen LogP contribution in [0.25, 0.3) is 0 Å². The normalized spacial score (nSPS) is 19.0. The average molecular weight is 486 g/mol. The van der Waals surface area contributed by atoms with Crippen molar-refractivity contribution in [2.45, 2.75) is 58.6 Å². The summed E-state index contributed by atoms with van der Waals surface area (Å²) in [5.74, 6) is 0.577. The van der Waals surface area contributed by atoms with Gasteiger partial charge >= 0.3 is 5.97 Å². The highest BCUT2D eigenvalue weighted by molar-refractivity contribution is 7.99. The number of hydrogen-bond acceptors (Lipinski definition) is 5. The molecule has 34 heavy (non-hydrogen) atoms. The maximum atomic E-state index is 13.4. The fourth-order valence-electron chi connectivity index (χ4n) is 4.47. The highest BCUT2D eigenvalue weighted by atomic mass is 32.2. The molecule has 1 aliphatic rings. The number of carboxylic acid groups (broad SMARTS) is 1. The maximum Gasteiger partial charge on any atom is 0.327 e. The highest BCUT2D eigenvalue weighted by Crippen LogP contribution is 2.44. The van der Waals surface area contributed by atoms with E-state index in [2.05, 4.69) is 27.7 Å². The van der Waals surface area contributed by atoms with Gasteiger partial charge in [-0.3, -0.25) is 4.79 Å². The van der Waals surface area contributed by atoms with Gasteiger partial charge in [-0.1, -0.05) is 64.1 Å². The van der Waals surface area contributed by atoms with E-state index in [0.29, 0.717) is 30.3 Å². The molecule has 0 spiro atoms. The summed E-state index contributed by atoms with van der Waals surface area (Å²) >= 11 is 1.47. The lowest BCUT2D eigenvalue weighted by atomic mass is 9.84. The fourth-order valence-corrected chi connectivity index (χ4v) is 5.91. The van der Waals surface area contributed by atoms with Crippen LogP contribution in [0, 0.1) is 11.3 Å². The molecule has 1 heterocycles. The molecule has 0 aromatic heterocycles. The maximum absolute atomic E-state index is 13.4. The Labute approximate surface area is 206 Å². The minimum absolute atomic E-state index is 0.103. The number of amides is 1. The van der Waals surface area contributed by atoms with Crippen LogP contribution in [0.1, 0.15) is 57.0 Å². The number of thioether (sulfide) groups is 1. The first-order valence-electron chi connectivity index (χ1n) is 11.6. The van der Waals surface area contributed by atoms with Gasteiger partial charge in [-0.2, -0.15) is 0 Å². The molecule has 3 rings (SSSR count). The van der Waals surface area contributed by atoms with E-state index in [0.717, 1.165) is 17.5 Å². The average Bonchev–Trinajstić information content (AvgIpc) is 3.22. The molecule has 6 nitrogen and oxygen atoms in total. The van der Waals surface area contributed by atoms with Crippen molar-refractivity contribution in [1.82, 2.24) is 4.90 Å². The molecule has 1 saturated heterocycles. The van der Waals surface area contributed by atoms with Crippen molar-refractivity contribution < 1.29 is 24.2 Å². The number of carbonyl (C=O) groups is 2. The molecule has 0 saturated carbocycles. The van der Waals surface area contributed by atoms with Crippen molar-refractivity contribution in [3.05, 3.63) is 59.7 Å². The van der Waals surface area contributed by atoms with Crippen LogP contribution < -0.4 is 9.47 Å². The first-order chi connectivity index (χ1) is 16.1. The van der Waals surface area contributed by atoms with Crippen LogP contribution in [-0.2, 0) is 16.2 Å². The van der Waals surface area contributed by atoms with E-state index < -0.39 is 12.0 Å². The summed E-state index contributed by atoms with van der Waals surface area (Å²) in [6, 6.07) is 14.6. The largest absolute Gasteiger partial charge is 0.493 e. The number of rotatable bonds is 9. The summed E-state index contributed by atoms with van der Waals surface area (Å²) in [6.45, 7) is 8.88. The fraction of sp³-hybridized carbons (Fsp3) is 0.481. The lowest BCUT2D eigenvalue weighted by Gasteiger charge is -2.30. The van der Waals surface area contributed by atoms with Crippen LogP contribution in [-0.4, -0.2) is 40.8 Å². The molecular formula is C27H35NO5S. The van der Waals surface area contributed by atoms with Crippen molar-refractivity contribution in [2.24, 2.45) is 11.3 Å². The molecule has 1 amide bonds. The predicted octanol–water partition coefficient (Wildman–Crippen LogP) is 5.76. The molecule has 0 aliphatic carbocycles. The first-order valence-corrected chi connectivity index (χ1v) is 12.6. The summed E-state index contributed by atoms with van der Waals surface area (Å²) in [6.07, 6.45) is 1.22. The molecule has 2 aromatic carbocycles.